The molecule has 4 rings (SSSR count). The van der Waals surface area contributed by atoms with Crippen molar-refractivity contribution in [3.63, 3.8) is 0 Å². The van der Waals surface area contributed by atoms with Crippen molar-refractivity contribution < 1.29 is 0 Å². The van der Waals surface area contributed by atoms with E-state index in [4.69, 9.17) is 0 Å². The maximum atomic E-state index is 3.68. The molecule has 2 heteroatoms. The van der Waals surface area contributed by atoms with E-state index in [1.807, 2.05) is 0 Å². The van der Waals surface area contributed by atoms with Gasteiger partial charge in [-0.15, -0.1) is 0 Å². The molecule has 2 aliphatic heterocycles. The topological polar surface area (TPSA) is 15.3 Å². The van der Waals surface area contributed by atoms with E-state index < -0.39 is 0 Å². The minimum Gasteiger partial charge on any atom is -0.380 e. The Hall–Kier alpha value is -1.80. The first kappa shape index (κ1) is 12.9. The summed E-state index contributed by atoms with van der Waals surface area (Å²) >= 11 is 0. The zero-order valence-corrected chi connectivity index (χ0v) is 12.4. The van der Waals surface area contributed by atoms with Crippen LogP contribution in [-0.2, 0) is 19.3 Å². The van der Waals surface area contributed by atoms with Crippen molar-refractivity contribution in [2.24, 2.45) is 0 Å². The highest BCUT2D eigenvalue weighted by Gasteiger charge is 2.23. The van der Waals surface area contributed by atoms with Crippen LogP contribution in [0.15, 0.2) is 48.5 Å². The largest absolute Gasteiger partial charge is 0.380 e. The van der Waals surface area contributed by atoms with Gasteiger partial charge in [0.15, 0.2) is 0 Å². The lowest BCUT2D eigenvalue weighted by Crippen LogP contribution is -2.37. The summed E-state index contributed by atoms with van der Waals surface area (Å²) in [6.07, 6.45) is 3.55. The predicted molar refractivity (Wildman–Crippen MR) is 87.8 cm³/mol. The quantitative estimate of drug-likeness (QED) is 0.908. The van der Waals surface area contributed by atoms with Gasteiger partial charge in [-0.3, -0.25) is 0 Å². The van der Waals surface area contributed by atoms with Crippen molar-refractivity contribution in [2.75, 3.05) is 25.0 Å². The molecular weight excluding hydrogens is 256 g/mol. The van der Waals surface area contributed by atoms with Gasteiger partial charge in [0.05, 0.1) is 0 Å². The Morgan fingerprint density at radius 1 is 0.857 bits per heavy atom. The number of benzene rings is 2. The van der Waals surface area contributed by atoms with Crippen molar-refractivity contribution in [2.45, 2.75) is 25.3 Å². The van der Waals surface area contributed by atoms with Crippen LogP contribution in [0.5, 0.6) is 0 Å². The molecule has 21 heavy (non-hydrogen) atoms. The monoisotopic (exact) mass is 278 g/mol. The van der Waals surface area contributed by atoms with Crippen LogP contribution in [0.4, 0.5) is 5.69 Å². The Morgan fingerprint density at radius 3 is 2.14 bits per heavy atom. The molecular formula is C19H22N2. The molecule has 0 radical (unpaired) electrons. The first-order valence-corrected chi connectivity index (χ1v) is 8.02. The fourth-order valence-corrected chi connectivity index (χ4v) is 3.69. The maximum absolute atomic E-state index is 3.68. The van der Waals surface area contributed by atoms with Crippen LogP contribution in [0, 0.1) is 0 Å². The highest BCUT2D eigenvalue weighted by Crippen LogP contribution is 2.26. The lowest BCUT2D eigenvalue weighted by molar-refractivity contribution is 0.276. The molecule has 0 fully saturated rings. The van der Waals surface area contributed by atoms with E-state index in [2.05, 4.69) is 58.7 Å². The van der Waals surface area contributed by atoms with Crippen LogP contribution in [-0.4, -0.2) is 30.6 Å². The number of rotatable bonds is 2. The SMILES string of the molecule is c1ccc2c(c1)CCN(CC1Cc3ccccc3N1)CC2. The third-order valence-electron chi connectivity index (χ3n) is 4.84. The van der Waals surface area contributed by atoms with Gasteiger partial charge in [-0.25, -0.2) is 0 Å². The van der Waals surface area contributed by atoms with Gasteiger partial charge in [-0.05, 0) is 42.0 Å². The molecule has 2 heterocycles. The molecule has 0 saturated heterocycles. The molecule has 2 aromatic rings. The molecule has 2 aromatic carbocycles. The zero-order valence-electron chi connectivity index (χ0n) is 12.4. The van der Waals surface area contributed by atoms with Crippen LogP contribution in [0.1, 0.15) is 16.7 Å². The van der Waals surface area contributed by atoms with E-state index in [9.17, 15) is 0 Å². The summed E-state index contributed by atoms with van der Waals surface area (Å²) in [4.78, 5) is 2.63. The first-order valence-electron chi connectivity index (χ1n) is 8.02. The molecule has 1 unspecified atom stereocenters. The summed E-state index contributed by atoms with van der Waals surface area (Å²) < 4.78 is 0. The number of para-hydroxylation sites is 1. The fraction of sp³-hybridized carbons (Fsp3) is 0.368. The number of fused-ring (bicyclic) bond motifs is 2. The summed E-state index contributed by atoms with van der Waals surface area (Å²) in [5.74, 6) is 0. The van der Waals surface area contributed by atoms with Gasteiger partial charge in [-0.1, -0.05) is 42.5 Å². The first-order chi connectivity index (χ1) is 10.4. The number of anilines is 1. The summed E-state index contributed by atoms with van der Waals surface area (Å²) in [7, 11) is 0. The number of nitrogens with zero attached hydrogens (tertiary/aromatic N) is 1. The van der Waals surface area contributed by atoms with Crippen LogP contribution >= 0.6 is 0 Å². The van der Waals surface area contributed by atoms with Crippen LogP contribution in [0.25, 0.3) is 0 Å². The van der Waals surface area contributed by atoms with Crippen molar-refractivity contribution in [1.29, 1.82) is 0 Å². The van der Waals surface area contributed by atoms with Crippen LogP contribution < -0.4 is 5.32 Å². The van der Waals surface area contributed by atoms with Crippen molar-refractivity contribution in [1.82, 2.24) is 4.90 Å². The normalized spacial score (nSPS) is 21.2. The molecule has 0 spiro atoms. The molecule has 1 atom stereocenters. The molecule has 0 aromatic heterocycles. The molecule has 1 N–H and O–H groups in total. The summed E-state index contributed by atoms with van der Waals surface area (Å²) in [6.45, 7) is 3.53. The molecule has 0 saturated carbocycles. The molecule has 0 amide bonds. The highest BCUT2D eigenvalue weighted by molar-refractivity contribution is 5.56. The number of hydrogen-bond donors (Lipinski definition) is 1. The van der Waals surface area contributed by atoms with Crippen molar-refractivity contribution in [3.05, 3.63) is 65.2 Å². The maximum Gasteiger partial charge on any atom is 0.0429 e. The molecule has 108 valence electrons. The highest BCUT2D eigenvalue weighted by atomic mass is 15.2. The lowest BCUT2D eigenvalue weighted by Gasteiger charge is -2.24. The summed E-state index contributed by atoms with van der Waals surface area (Å²) in [5.41, 5.74) is 5.89. The average molecular weight is 278 g/mol. The standard InChI is InChI=1S/C19H22N2/c1-2-6-16-10-12-21(11-9-15(16)5-1)14-18-13-17-7-3-4-8-19(17)20-18/h1-8,18,20H,9-14H2. The Kier molecular flexibility index (Phi) is 3.40. The van der Waals surface area contributed by atoms with E-state index in [1.54, 1.807) is 11.1 Å². The Bertz CT molecular complexity index is 583. The Labute approximate surface area is 126 Å². The van der Waals surface area contributed by atoms with Gasteiger partial charge in [0, 0.05) is 31.4 Å². The average Bonchev–Trinajstić information content (AvgIpc) is 2.81. The summed E-state index contributed by atoms with van der Waals surface area (Å²) in [5, 5.41) is 3.68. The van der Waals surface area contributed by atoms with Crippen molar-refractivity contribution in [3.8, 4) is 0 Å². The van der Waals surface area contributed by atoms with Gasteiger partial charge in [0.2, 0.25) is 0 Å². The lowest BCUT2D eigenvalue weighted by atomic mass is 10.0. The molecule has 2 nitrogen and oxygen atoms in total. The Morgan fingerprint density at radius 2 is 1.48 bits per heavy atom. The van der Waals surface area contributed by atoms with Crippen molar-refractivity contribution >= 4 is 5.69 Å². The third-order valence-corrected chi connectivity index (χ3v) is 4.84. The van der Waals surface area contributed by atoms with E-state index in [0.29, 0.717) is 6.04 Å². The van der Waals surface area contributed by atoms with Crippen LogP contribution in [0.3, 0.4) is 0 Å². The smallest absolute Gasteiger partial charge is 0.0429 e. The fourth-order valence-electron chi connectivity index (χ4n) is 3.69. The second-order valence-electron chi connectivity index (χ2n) is 6.27. The number of hydrogen-bond acceptors (Lipinski definition) is 2. The predicted octanol–water partition coefficient (Wildman–Crippen LogP) is 3.12. The van der Waals surface area contributed by atoms with E-state index in [1.165, 1.54) is 43.6 Å². The van der Waals surface area contributed by atoms with E-state index >= 15 is 0 Å². The van der Waals surface area contributed by atoms with Gasteiger partial charge < -0.3 is 10.2 Å². The number of nitrogens with one attached hydrogen (secondary N) is 1. The molecule has 2 aliphatic rings. The van der Waals surface area contributed by atoms with E-state index in [0.717, 1.165) is 6.54 Å². The molecule has 0 aliphatic carbocycles. The van der Waals surface area contributed by atoms with Gasteiger partial charge in [0.25, 0.3) is 0 Å². The molecule has 0 bridgehead atoms. The van der Waals surface area contributed by atoms with Gasteiger partial charge in [0.1, 0.15) is 0 Å². The second-order valence-corrected chi connectivity index (χ2v) is 6.27. The van der Waals surface area contributed by atoms with Gasteiger partial charge in [-0.2, -0.15) is 0 Å². The van der Waals surface area contributed by atoms with E-state index in [-0.39, 0.29) is 0 Å². The zero-order chi connectivity index (χ0) is 14.1. The Balaban J connectivity index is 1.39. The van der Waals surface area contributed by atoms with Crippen LogP contribution in [0.2, 0.25) is 0 Å². The third kappa shape index (κ3) is 2.68. The summed E-state index contributed by atoms with van der Waals surface area (Å²) in [6, 6.07) is 18.2. The minimum absolute atomic E-state index is 0.573. The second kappa shape index (κ2) is 5.53. The minimum atomic E-state index is 0.573. The van der Waals surface area contributed by atoms with Gasteiger partial charge >= 0.3 is 0 Å².